The Hall–Kier alpha value is -3.57. The minimum atomic E-state index is -8.67. The predicted molar refractivity (Wildman–Crippen MR) is 170 cm³/mol. The molecule has 54 heavy (non-hydrogen) atoms. The van der Waals surface area contributed by atoms with Crippen LogP contribution in [0.3, 0.4) is 0 Å². The molecule has 0 aromatic heterocycles. The van der Waals surface area contributed by atoms with E-state index in [0.717, 1.165) is 0 Å². The van der Waals surface area contributed by atoms with Crippen LogP contribution in [-0.4, -0.2) is 56.4 Å². The Morgan fingerprint density at radius 2 is 0.741 bits per heavy atom. The van der Waals surface area contributed by atoms with Gasteiger partial charge in [0, 0.05) is 11.5 Å². The van der Waals surface area contributed by atoms with Crippen LogP contribution in [0.25, 0.3) is 21.5 Å². The van der Waals surface area contributed by atoms with Crippen molar-refractivity contribution in [2.24, 2.45) is 0 Å². The second-order valence-electron chi connectivity index (χ2n) is 14.1. The molecule has 0 heterocycles. The summed E-state index contributed by atoms with van der Waals surface area (Å²) in [4.78, 5) is 0. The SMILES string of the molecule is C[Si](C(C)(C)C)C(CCC(F)(F)C(F)(F)C(F)(F)C(F)(F)C(F)(F)C(F)(F)C(F)(F)C(F)(F)F)(c1ccc2ccccc2c1)c1ccc2ccccc2c1. The van der Waals surface area contributed by atoms with Crippen LogP contribution in [-0.2, 0) is 5.04 Å². The van der Waals surface area contributed by atoms with Crippen LogP contribution in [0.4, 0.5) is 74.6 Å². The molecule has 4 aromatic carbocycles. The fourth-order valence-corrected chi connectivity index (χ4v) is 9.28. The second-order valence-corrected chi connectivity index (χ2v) is 17.7. The van der Waals surface area contributed by atoms with Gasteiger partial charge in [0.15, 0.2) is 0 Å². The highest BCUT2D eigenvalue weighted by atomic mass is 28.3. The molecular formula is C36H30F17Si. The summed E-state index contributed by atoms with van der Waals surface area (Å²) in [5.74, 6) is -56.7. The molecule has 0 saturated heterocycles. The lowest BCUT2D eigenvalue weighted by molar-refractivity contribution is -0.461. The van der Waals surface area contributed by atoms with Crippen molar-refractivity contribution >= 4 is 30.3 Å². The third-order valence-corrected chi connectivity index (χ3v) is 14.2. The van der Waals surface area contributed by atoms with Gasteiger partial charge in [-0.25, -0.2) is 0 Å². The van der Waals surface area contributed by atoms with Crippen molar-refractivity contribution in [1.29, 1.82) is 0 Å². The van der Waals surface area contributed by atoms with E-state index in [9.17, 15) is 57.1 Å². The largest absolute Gasteiger partial charge is 0.460 e. The molecule has 0 saturated carbocycles. The number of benzene rings is 4. The number of hydrogen-bond donors (Lipinski definition) is 0. The van der Waals surface area contributed by atoms with Crippen molar-refractivity contribution in [3.8, 4) is 0 Å². The molecule has 4 aromatic rings. The van der Waals surface area contributed by atoms with Gasteiger partial charge in [-0.2, -0.15) is 74.6 Å². The summed E-state index contributed by atoms with van der Waals surface area (Å²) >= 11 is 0. The molecule has 0 spiro atoms. The molecule has 0 aliphatic carbocycles. The molecule has 1 radical (unpaired) electrons. The van der Waals surface area contributed by atoms with Gasteiger partial charge in [0.2, 0.25) is 0 Å². The van der Waals surface area contributed by atoms with Crippen molar-refractivity contribution in [3.63, 3.8) is 0 Å². The minimum Gasteiger partial charge on any atom is -0.200 e. The Kier molecular flexibility index (Phi) is 10.6. The van der Waals surface area contributed by atoms with E-state index < -0.39 is 79.3 Å². The van der Waals surface area contributed by atoms with Gasteiger partial charge in [0.25, 0.3) is 0 Å². The molecule has 0 aliphatic rings. The third kappa shape index (κ3) is 6.40. The summed E-state index contributed by atoms with van der Waals surface area (Å²) in [7, 11) is -2.37. The van der Waals surface area contributed by atoms with Gasteiger partial charge in [0.05, 0.1) is 8.80 Å². The van der Waals surface area contributed by atoms with Crippen molar-refractivity contribution in [2.75, 3.05) is 0 Å². The highest BCUT2D eigenvalue weighted by molar-refractivity contribution is 6.65. The van der Waals surface area contributed by atoms with Crippen LogP contribution >= 0.6 is 0 Å². The van der Waals surface area contributed by atoms with Crippen molar-refractivity contribution < 1.29 is 74.6 Å². The zero-order valence-corrected chi connectivity index (χ0v) is 29.4. The lowest BCUT2D eigenvalue weighted by Gasteiger charge is -2.47. The fraction of sp³-hybridized carbons (Fsp3) is 0.444. The molecule has 4 rings (SSSR count). The molecule has 0 fully saturated rings. The lowest BCUT2D eigenvalue weighted by Crippen LogP contribution is -2.74. The number of alkyl halides is 17. The predicted octanol–water partition coefficient (Wildman–Crippen LogP) is 13.5. The van der Waals surface area contributed by atoms with Crippen LogP contribution in [0.5, 0.6) is 0 Å². The van der Waals surface area contributed by atoms with Crippen LogP contribution in [0.1, 0.15) is 44.7 Å². The zero-order valence-electron chi connectivity index (χ0n) is 28.4. The normalized spacial score (nSPS) is 15.1. The average Bonchev–Trinajstić information content (AvgIpc) is 3.06. The Morgan fingerprint density at radius 3 is 1.09 bits per heavy atom. The Labute approximate surface area is 298 Å². The van der Waals surface area contributed by atoms with E-state index >= 15 is 17.6 Å². The first-order valence-electron chi connectivity index (χ1n) is 15.8. The zero-order chi connectivity index (χ0) is 41.4. The van der Waals surface area contributed by atoms with E-state index in [0.29, 0.717) is 21.5 Å². The summed E-state index contributed by atoms with van der Waals surface area (Å²) in [5, 5.41) is -0.491. The molecule has 0 nitrogen and oxygen atoms in total. The lowest BCUT2D eigenvalue weighted by atomic mass is 9.81. The molecular weight excluding hydrogens is 783 g/mol. The standard InChI is InChI=1S/C36H30F17Si/c1-27(2,3)54(4)28(25-15-13-21-9-5-7-11-23(21)19-25,26-16-14-22-10-6-8-12-24(22)20-26)17-18-29(37,38)30(39,40)31(41,42)32(43,44)33(45,46)34(47,48)35(49,50)36(51,52)53/h5-16,19-20H,17-18H2,1-4H3. The molecule has 18 heteroatoms. The monoisotopic (exact) mass is 813 g/mol. The van der Waals surface area contributed by atoms with E-state index in [1.54, 1.807) is 88.0 Å². The molecule has 0 unspecified atom stereocenters. The maximum atomic E-state index is 15.7. The van der Waals surface area contributed by atoms with Crippen LogP contribution < -0.4 is 0 Å². The highest BCUT2D eigenvalue weighted by Crippen LogP contribution is 2.64. The maximum absolute atomic E-state index is 15.7. The van der Waals surface area contributed by atoms with Crippen LogP contribution in [0, 0.1) is 0 Å². The number of fused-ring (bicyclic) bond motifs is 2. The summed E-state index contributed by atoms with van der Waals surface area (Å²) in [6, 6.07) is 22.0. The molecule has 0 N–H and O–H groups in total. The van der Waals surface area contributed by atoms with E-state index in [4.69, 9.17) is 0 Å². The summed E-state index contributed by atoms with van der Waals surface area (Å²) in [5.41, 5.74) is 0.333. The molecule has 0 bridgehead atoms. The number of hydrogen-bond acceptors (Lipinski definition) is 0. The van der Waals surface area contributed by atoms with Gasteiger partial charge in [-0.3, -0.25) is 0 Å². The van der Waals surface area contributed by atoms with E-state index in [1.807, 2.05) is 0 Å². The molecule has 297 valence electrons. The molecule has 0 amide bonds. The third-order valence-electron chi connectivity index (χ3n) is 9.85. The Morgan fingerprint density at radius 1 is 0.407 bits per heavy atom. The summed E-state index contributed by atoms with van der Waals surface area (Å²) in [6.45, 7) is 6.55. The Bertz CT molecular complexity index is 1900. The summed E-state index contributed by atoms with van der Waals surface area (Å²) in [6.07, 6.45) is -11.6. The van der Waals surface area contributed by atoms with Gasteiger partial charge >= 0.3 is 47.6 Å². The van der Waals surface area contributed by atoms with Gasteiger partial charge < -0.3 is 0 Å². The maximum Gasteiger partial charge on any atom is 0.460 e. The summed E-state index contributed by atoms with van der Waals surface area (Å²) < 4.78 is 241. The number of rotatable bonds is 12. The quantitative estimate of drug-likeness (QED) is 0.0987. The first kappa shape index (κ1) is 43.2. The first-order valence-corrected chi connectivity index (χ1v) is 17.8. The Balaban J connectivity index is 1.93. The van der Waals surface area contributed by atoms with Crippen molar-refractivity contribution in [2.45, 2.75) is 97.9 Å². The smallest absolute Gasteiger partial charge is 0.200 e. The first-order chi connectivity index (χ1) is 24.3. The van der Waals surface area contributed by atoms with Crippen LogP contribution in [0.15, 0.2) is 84.9 Å². The van der Waals surface area contributed by atoms with Gasteiger partial charge in [-0.15, -0.1) is 0 Å². The van der Waals surface area contributed by atoms with E-state index in [-0.39, 0.29) is 11.1 Å². The fourth-order valence-electron chi connectivity index (χ4n) is 6.32. The van der Waals surface area contributed by atoms with E-state index in [2.05, 4.69) is 0 Å². The van der Waals surface area contributed by atoms with Crippen LogP contribution in [0.2, 0.25) is 11.6 Å². The topological polar surface area (TPSA) is 0 Å². The van der Waals surface area contributed by atoms with Gasteiger partial charge in [-0.05, 0) is 44.1 Å². The van der Waals surface area contributed by atoms with E-state index in [1.165, 1.54) is 24.3 Å². The van der Waals surface area contributed by atoms with Gasteiger partial charge in [0.1, 0.15) is 0 Å². The van der Waals surface area contributed by atoms with Crippen molar-refractivity contribution in [1.82, 2.24) is 0 Å². The second kappa shape index (κ2) is 13.3. The number of halogens is 17. The minimum absolute atomic E-state index is 0.166. The average molecular weight is 814 g/mol. The van der Waals surface area contributed by atoms with Crippen molar-refractivity contribution in [3.05, 3.63) is 96.1 Å². The highest BCUT2D eigenvalue weighted by Gasteiger charge is 2.95. The van der Waals surface area contributed by atoms with Gasteiger partial charge in [-0.1, -0.05) is 112 Å². The molecule has 0 aliphatic heterocycles. The molecule has 0 atom stereocenters.